The van der Waals surface area contributed by atoms with Crippen molar-refractivity contribution in [2.24, 2.45) is 0 Å². The van der Waals surface area contributed by atoms with Gasteiger partial charge in [0.15, 0.2) is 5.69 Å². The zero-order chi connectivity index (χ0) is 12.4. The van der Waals surface area contributed by atoms with Crippen LogP contribution in [0, 0.1) is 0 Å². The van der Waals surface area contributed by atoms with E-state index in [1.54, 1.807) is 6.20 Å². The molecule has 6 nitrogen and oxygen atoms in total. The monoisotopic (exact) mass is 231 g/mol. The van der Waals surface area contributed by atoms with Gasteiger partial charge < -0.3 is 10.7 Å². The van der Waals surface area contributed by atoms with Gasteiger partial charge in [0, 0.05) is 6.20 Å². The molecule has 0 radical (unpaired) electrons. The van der Waals surface area contributed by atoms with Crippen molar-refractivity contribution in [3.05, 3.63) is 34.8 Å². The SMILES string of the molecule is CC(C)c1c[nH]c(=O)c(-c2ncncc2N)n1. The molecule has 0 aliphatic rings. The topological polar surface area (TPSA) is 97.5 Å². The van der Waals surface area contributed by atoms with E-state index in [4.69, 9.17) is 5.73 Å². The number of hydrogen-bond donors (Lipinski definition) is 2. The van der Waals surface area contributed by atoms with Gasteiger partial charge in [-0.15, -0.1) is 0 Å². The van der Waals surface area contributed by atoms with E-state index < -0.39 is 0 Å². The third kappa shape index (κ3) is 2.15. The second-order valence-electron chi connectivity index (χ2n) is 3.98. The Bertz CT molecular complexity index is 590. The Morgan fingerprint density at radius 2 is 2.12 bits per heavy atom. The summed E-state index contributed by atoms with van der Waals surface area (Å²) in [6.45, 7) is 3.99. The molecule has 0 saturated heterocycles. The standard InChI is InChI=1S/C11H13N5O/c1-6(2)8-4-14-11(17)10(16-8)9-7(12)3-13-5-15-9/h3-6H,12H2,1-2H3,(H,14,17). The molecule has 0 aromatic carbocycles. The molecule has 0 bridgehead atoms. The summed E-state index contributed by atoms with van der Waals surface area (Å²) in [6.07, 6.45) is 4.40. The van der Waals surface area contributed by atoms with Crippen LogP contribution in [0.2, 0.25) is 0 Å². The van der Waals surface area contributed by atoms with Crippen LogP contribution < -0.4 is 11.3 Å². The van der Waals surface area contributed by atoms with E-state index in [0.29, 0.717) is 11.4 Å². The third-order valence-electron chi connectivity index (χ3n) is 2.36. The molecule has 0 atom stereocenters. The molecule has 17 heavy (non-hydrogen) atoms. The first kappa shape index (κ1) is 11.3. The molecule has 0 aliphatic carbocycles. The van der Waals surface area contributed by atoms with E-state index in [1.165, 1.54) is 12.5 Å². The summed E-state index contributed by atoms with van der Waals surface area (Å²) >= 11 is 0. The largest absolute Gasteiger partial charge is 0.396 e. The first-order chi connectivity index (χ1) is 8.09. The highest BCUT2D eigenvalue weighted by Crippen LogP contribution is 2.18. The predicted molar refractivity (Wildman–Crippen MR) is 64.4 cm³/mol. The van der Waals surface area contributed by atoms with Gasteiger partial charge in [-0.3, -0.25) is 4.79 Å². The minimum Gasteiger partial charge on any atom is -0.396 e. The number of aromatic nitrogens is 4. The molecule has 0 amide bonds. The van der Waals surface area contributed by atoms with E-state index in [1.807, 2.05) is 13.8 Å². The van der Waals surface area contributed by atoms with Gasteiger partial charge in [-0.2, -0.15) is 0 Å². The lowest BCUT2D eigenvalue weighted by molar-refractivity contribution is 0.809. The fraction of sp³-hybridized carbons (Fsp3) is 0.273. The summed E-state index contributed by atoms with van der Waals surface area (Å²) in [5.74, 6) is 0.216. The Hall–Kier alpha value is -2.24. The smallest absolute Gasteiger partial charge is 0.276 e. The number of nitrogens with two attached hydrogens (primary N) is 1. The molecule has 0 fully saturated rings. The highest BCUT2D eigenvalue weighted by Gasteiger charge is 2.12. The van der Waals surface area contributed by atoms with Crippen molar-refractivity contribution < 1.29 is 0 Å². The molecule has 2 aromatic rings. The van der Waals surface area contributed by atoms with Crippen LogP contribution in [0.1, 0.15) is 25.5 Å². The number of rotatable bonds is 2. The maximum Gasteiger partial charge on any atom is 0.276 e. The molecule has 0 aliphatic heterocycles. The van der Waals surface area contributed by atoms with Gasteiger partial charge in [0.25, 0.3) is 5.56 Å². The van der Waals surface area contributed by atoms with Crippen LogP contribution in [0.3, 0.4) is 0 Å². The fourth-order valence-electron chi connectivity index (χ4n) is 1.41. The van der Waals surface area contributed by atoms with Crippen LogP contribution in [0.4, 0.5) is 5.69 Å². The summed E-state index contributed by atoms with van der Waals surface area (Å²) < 4.78 is 0. The minimum atomic E-state index is -0.306. The summed E-state index contributed by atoms with van der Waals surface area (Å²) in [5, 5.41) is 0. The molecule has 2 aromatic heterocycles. The van der Waals surface area contributed by atoms with Gasteiger partial charge in [0.05, 0.1) is 17.6 Å². The molecule has 88 valence electrons. The van der Waals surface area contributed by atoms with Crippen molar-refractivity contribution in [1.82, 2.24) is 19.9 Å². The van der Waals surface area contributed by atoms with Crippen molar-refractivity contribution in [3.63, 3.8) is 0 Å². The Kier molecular flexibility index (Phi) is 2.86. The molecule has 2 rings (SSSR count). The normalized spacial score (nSPS) is 10.8. The van der Waals surface area contributed by atoms with Crippen LogP contribution in [0.15, 0.2) is 23.5 Å². The van der Waals surface area contributed by atoms with Crippen molar-refractivity contribution in [1.29, 1.82) is 0 Å². The van der Waals surface area contributed by atoms with Crippen LogP contribution >= 0.6 is 0 Å². The van der Waals surface area contributed by atoms with E-state index >= 15 is 0 Å². The Morgan fingerprint density at radius 3 is 2.76 bits per heavy atom. The first-order valence-electron chi connectivity index (χ1n) is 5.25. The lowest BCUT2D eigenvalue weighted by Crippen LogP contribution is -2.15. The van der Waals surface area contributed by atoms with E-state index in [0.717, 1.165) is 5.69 Å². The second-order valence-corrected chi connectivity index (χ2v) is 3.98. The van der Waals surface area contributed by atoms with Gasteiger partial charge in [-0.25, -0.2) is 15.0 Å². The number of anilines is 1. The summed E-state index contributed by atoms with van der Waals surface area (Å²) in [6, 6.07) is 0. The molecular formula is C11H13N5O. The lowest BCUT2D eigenvalue weighted by Gasteiger charge is -2.06. The highest BCUT2D eigenvalue weighted by atomic mass is 16.1. The van der Waals surface area contributed by atoms with Crippen LogP contribution in [0.5, 0.6) is 0 Å². The molecule has 0 saturated carbocycles. The number of nitrogen functional groups attached to an aromatic ring is 1. The Balaban J connectivity index is 2.63. The fourth-order valence-corrected chi connectivity index (χ4v) is 1.41. The quantitative estimate of drug-likeness (QED) is 0.801. The van der Waals surface area contributed by atoms with Crippen molar-refractivity contribution in [2.75, 3.05) is 5.73 Å². The number of aromatic amines is 1. The average Bonchev–Trinajstić information content (AvgIpc) is 2.30. The van der Waals surface area contributed by atoms with Gasteiger partial charge in [0.1, 0.15) is 12.0 Å². The molecule has 2 heterocycles. The molecular weight excluding hydrogens is 218 g/mol. The number of H-pyrrole nitrogens is 1. The zero-order valence-electron chi connectivity index (χ0n) is 9.64. The summed E-state index contributed by atoms with van der Waals surface area (Å²) in [7, 11) is 0. The van der Waals surface area contributed by atoms with Crippen molar-refractivity contribution >= 4 is 5.69 Å². The maximum atomic E-state index is 11.7. The first-order valence-corrected chi connectivity index (χ1v) is 5.25. The third-order valence-corrected chi connectivity index (χ3v) is 2.36. The minimum absolute atomic E-state index is 0.216. The van der Waals surface area contributed by atoms with Crippen LogP contribution in [-0.4, -0.2) is 19.9 Å². The number of hydrogen-bond acceptors (Lipinski definition) is 5. The highest BCUT2D eigenvalue weighted by molar-refractivity contribution is 5.67. The van der Waals surface area contributed by atoms with Gasteiger partial charge in [-0.1, -0.05) is 13.8 Å². The number of nitrogens with one attached hydrogen (secondary N) is 1. The Labute approximate surface area is 98.0 Å². The molecule has 3 N–H and O–H groups in total. The molecule has 0 unspecified atom stereocenters. The van der Waals surface area contributed by atoms with Gasteiger partial charge >= 0.3 is 0 Å². The summed E-state index contributed by atoms with van der Waals surface area (Å²) in [5.41, 5.74) is 7.15. The van der Waals surface area contributed by atoms with E-state index in [9.17, 15) is 4.79 Å². The lowest BCUT2D eigenvalue weighted by atomic mass is 10.1. The van der Waals surface area contributed by atoms with Crippen molar-refractivity contribution in [2.45, 2.75) is 19.8 Å². The number of nitrogens with zero attached hydrogens (tertiary/aromatic N) is 3. The Morgan fingerprint density at radius 1 is 1.35 bits per heavy atom. The zero-order valence-corrected chi connectivity index (χ0v) is 9.64. The summed E-state index contributed by atoms with van der Waals surface area (Å²) in [4.78, 5) is 26.4. The maximum absolute atomic E-state index is 11.7. The van der Waals surface area contributed by atoms with Crippen LogP contribution in [0.25, 0.3) is 11.4 Å². The average molecular weight is 231 g/mol. The molecule has 0 spiro atoms. The predicted octanol–water partition coefficient (Wildman–Crippen LogP) is 0.932. The van der Waals surface area contributed by atoms with Crippen LogP contribution in [-0.2, 0) is 0 Å². The van der Waals surface area contributed by atoms with E-state index in [-0.39, 0.29) is 17.2 Å². The van der Waals surface area contributed by atoms with Crippen molar-refractivity contribution in [3.8, 4) is 11.4 Å². The van der Waals surface area contributed by atoms with Gasteiger partial charge in [0.2, 0.25) is 0 Å². The molecule has 6 heteroatoms. The van der Waals surface area contributed by atoms with Gasteiger partial charge in [-0.05, 0) is 5.92 Å². The van der Waals surface area contributed by atoms with E-state index in [2.05, 4.69) is 19.9 Å². The second kappa shape index (κ2) is 4.32.